The Kier molecular flexibility index (Phi) is 6.13. The van der Waals surface area contributed by atoms with Crippen LogP contribution >= 0.6 is 11.6 Å². The molecule has 0 aliphatic heterocycles. The number of hydrogen-bond donors (Lipinski definition) is 1. The Hall–Kier alpha value is -3.13. The van der Waals surface area contributed by atoms with E-state index in [4.69, 9.17) is 16.3 Å². The number of ether oxygens (including phenoxy) is 1. The number of nitrogens with zero attached hydrogens (tertiary/aromatic N) is 2. The van der Waals surface area contributed by atoms with E-state index in [0.29, 0.717) is 11.4 Å². The molecule has 8 nitrogen and oxygen atoms in total. The largest absolute Gasteiger partial charge is 0.484 e. The van der Waals surface area contributed by atoms with Gasteiger partial charge in [0.2, 0.25) is 0 Å². The number of nitro benzene ring substituents is 1. The first-order valence-corrected chi connectivity index (χ1v) is 7.84. The molecule has 2 rings (SSSR count). The lowest BCUT2D eigenvalue weighted by Gasteiger charge is -2.12. The van der Waals surface area contributed by atoms with Crippen LogP contribution in [0.25, 0.3) is 0 Å². The third-order valence-electron chi connectivity index (χ3n) is 3.38. The molecule has 2 aromatic rings. The minimum atomic E-state index is -0.603. The zero-order valence-corrected chi connectivity index (χ0v) is 14.8. The van der Waals surface area contributed by atoms with Crippen molar-refractivity contribution in [3.8, 4) is 5.75 Å². The fraction of sp³-hybridized carbons (Fsp3) is 0.176. The number of amides is 2. The Balaban J connectivity index is 2.05. The number of benzene rings is 2. The van der Waals surface area contributed by atoms with Crippen molar-refractivity contribution in [3.63, 3.8) is 0 Å². The normalized spacial score (nSPS) is 10.1. The van der Waals surface area contributed by atoms with Crippen LogP contribution in [0.1, 0.15) is 10.4 Å². The summed E-state index contributed by atoms with van der Waals surface area (Å²) < 4.78 is 5.33. The van der Waals surface area contributed by atoms with Gasteiger partial charge in [0.25, 0.3) is 17.5 Å². The van der Waals surface area contributed by atoms with Crippen molar-refractivity contribution in [1.82, 2.24) is 4.90 Å². The summed E-state index contributed by atoms with van der Waals surface area (Å²) in [5.74, 6) is -0.288. The van der Waals surface area contributed by atoms with Crippen molar-refractivity contribution >= 4 is 34.8 Å². The number of carbonyl (C=O) groups excluding carboxylic acids is 2. The van der Waals surface area contributed by atoms with E-state index in [1.165, 1.54) is 17.0 Å². The minimum absolute atomic E-state index is 0.00206. The number of anilines is 1. The fourth-order valence-corrected chi connectivity index (χ4v) is 2.11. The molecule has 136 valence electrons. The van der Waals surface area contributed by atoms with E-state index in [2.05, 4.69) is 5.32 Å². The summed E-state index contributed by atoms with van der Waals surface area (Å²) in [6, 6.07) is 9.98. The van der Waals surface area contributed by atoms with Gasteiger partial charge in [0.15, 0.2) is 6.61 Å². The van der Waals surface area contributed by atoms with E-state index in [0.717, 1.165) is 6.07 Å². The zero-order valence-electron chi connectivity index (χ0n) is 14.1. The quantitative estimate of drug-likeness (QED) is 0.616. The predicted molar refractivity (Wildman–Crippen MR) is 96.7 cm³/mol. The van der Waals surface area contributed by atoms with Crippen molar-refractivity contribution in [2.24, 2.45) is 0 Å². The topological polar surface area (TPSA) is 102 Å². The molecule has 9 heteroatoms. The maximum Gasteiger partial charge on any atom is 0.270 e. The SMILES string of the molecule is CN(C)C(=O)COc1ccc(NC(=O)c2cc([N+](=O)[O-])ccc2Cl)cc1. The highest BCUT2D eigenvalue weighted by Gasteiger charge is 2.16. The molecule has 1 N–H and O–H groups in total. The number of rotatable bonds is 6. The molecule has 0 heterocycles. The van der Waals surface area contributed by atoms with Crippen LogP contribution in [-0.4, -0.2) is 42.3 Å². The first-order valence-electron chi connectivity index (χ1n) is 7.46. The number of halogens is 1. The van der Waals surface area contributed by atoms with Gasteiger partial charge in [-0.25, -0.2) is 0 Å². The first-order chi connectivity index (χ1) is 12.3. The summed E-state index contributed by atoms with van der Waals surface area (Å²) in [4.78, 5) is 35.4. The van der Waals surface area contributed by atoms with E-state index in [9.17, 15) is 19.7 Å². The summed E-state index contributed by atoms with van der Waals surface area (Å²) >= 11 is 5.94. The van der Waals surface area contributed by atoms with Gasteiger partial charge in [-0.3, -0.25) is 19.7 Å². The van der Waals surface area contributed by atoms with Gasteiger partial charge in [-0.2, -0.15) is 0 Å². The summed E-state index contributed by atoms with van der Waals surface area (Å²) in [5.41, 5.74) is 0.218. The van der Waals surface area contributed by atoms with Crippen LogP contribution in [0.15, 0.2) is 42.5 Å². The van der Waals surface area contributed by atoms with Crippen LogP contribution in [0.5, 0.6) is 5.75 Å². The number of nitrogens with one attached hydrogen (secondary N) is 1. The lowest BCUT2D eigenvalue weighted by molar-refractivity contribution is -0.384. The Labute approximate surface area is 154 Å². The number of hydrogen-bond acceptors (Lipinski definition) is 5. The number of likely N-dealkylation sites (N-methyl/N-ethyl adjacent to an activating group) is 1. The molecule has 0 atom stereocenters. The number of nitro groups is 1. The molecule has 0 radical (unpaired) electrons. The third kappa shape index (κ3) is 4.93. The fourth-order valence-electron chi connectivity index (χ4n) is 1.91. The molecule has 0 aliphatic carbocycles. The molecular formula is C17H16ClN3O5. The van der Waals surface area contributed by atoms with Crippen LogP contribution in [0.2, 0.25) is 5.02 Å². The standard InChI is InChI=1S/C17H16ClN3O5/c1-20(2)16(22)10-26-13-6-3-11(4-7-13)19-17(23)14-9-12(21(24)25)5-8-15(14)18/h3-9H,10H2,1-2H3,(H,19,23). The highest BCUT2D eigenvalue weighted by Crippen LogP contribution is 2.23. The first kappa shape index (κ1) is 19.2. The van der Waals surface area contributed by atoms with E-state index in [1.54, 1.807) is 38.4 Å². The summed E-state index contributed by atoms with van der Waals surface area (Å²) in [6.45, 7) is -0.0952. The molecule has 2 amide bonds. The molecule has 0 bridgehead atoms. The van der Waals surface area contributed by atoms with Gasteiger partial charge in [0.05, 0.1) is 15.5 Å². The highest BCUT2D eigenvalue weighted by molar-refractivity contribution is 6.34. The number of carbonyl (C=O) groups is 2. The molecule has 0 saturated heterocycles. The summed E-state index contributed by atoms with van der Waals surface area (Å²) in [7, 11) is 3.26. The van der Waals surface area contributed by atoms with Crippen molar-refractivity contribution < 1.29 is 19.2 Å². The summed E-state index contributed by atoms with van der Waals surface area (Å²) in [6.07, 6.45) is 0. The minimum Gasteiger partial charge on any atom is -0.484 e. The Bertz CT molecular complexity index is 837. The van der Waals surface area contributed by atoms with Crippen molar-refractivity contribution in [1.29, 1.82) is 0 Å². The lowest BCUT2D eigenvalue weighted by atomic mass is 10.2. The van der Waals surface area contributed by atoms with Crippen LogP contribution in [-0.2, 0) is 4.79 Å². The lowest BCUT2D eigenvalue weighted by Crippen LogP contribution is -2.27. The Morgan fingerprint density at radius 3 is 2.42 bits per heavy atom. The molecule has 26 heavy (non-hydrogen) atoms. The molecule has 0 aromatic heterocycles. The van der Waals surface area contributed by atoms with Gasteiger partial charge in [-0.1, -0.05) is 11.6 Å². The molecule has 0 spiro atoms. The van der Waals surface area contributed by atoms with Crippen molar-refractivity contribution in [2.75, 3.05) is 26.0 Å². The van der Waals surface area contributed by atoms with Gasteiger partial charge in [-0.05, 0) is 30.3 Å². The molecule has 0 fully saturated rings. The molecule has 2 aromatic carbocycles. The average molecular weight is 378 g/mol. The van der Waals surface area contributed by atoms with Crippen molar-refractivity contribution in [3.05, 3.63) is 63.2 Å². The summed E-state index contributed by atoms with van der Waals surface area (Å²) in [5, 5.41) is 13.5. The van der Waals surface area contributed by atoms with Gasteiger partial charge < -0.3 is 15.0 Å². The highest BCUT2D eigenvalue weighted by atomic mass is 35.5. The van der Waals surface area contributed by atoms with E-state index in [1.807, 2.05) is 0 Å². The van der Waals surface area contributed by atoms with E-state index >= 15 is 0 Å². The van der Waals surface area contributed by atoms with Crippen LogP contribution < -0.4 is 10.1 Å². The van der Waals surface area contributed by atoms with E-state index in [-0.39, 0.29) is 28.8 Å². The van der Waals surface area contributed by atoms with Gasteiger partial charge in [0, 0.05) is 31.9 Å². The monoisotopic (exact) mass is 377 g/mol. The van der Waals surface area contributed by atoms with Gasteiger partial charge in [-0.15, -0.1) is 0 Å². The average Bonchev–Trinajstić information content (AvgIpc) is 2.60. The Morgan fingerprint density at radius 1 is 1.19 bits per heavy atom. The maximum atomic E-state index is 12.3. The van der Waals surface area contributed by atoms with Gasteiger partial charge in [0.1, 0.15) is 5.75 Å². The van der Waals surface area contributed by atoms with Crippen molar-refractivity contribution in [2.45, 2.75) is 0 Å². The Morgan fingerprint density at radius 2 is 1.85 bits per heavy atom. The van der Waals surface area contributed by atoms with Crippen LogP contribution in [0.4, 0.5) is 11.4 Å². The third-order valence-corrected chi connectivity index (χ3v) is 3.71. The van der Waals surface area contributed by atoms with E-state index < -0.39 is 10.8 Å². The second kappa shape index (κ2) is 8.30. The zero-order chi connectivity index (χ0) is 19.3. The predicted octanol–water partition coefficient (Wildman–Crippen LogP) is 2.97. The molecule has 0 unspecified atom stereocenters. The van der Waals surface area contributed by atoms with Crippen LogP contribution in [0.3, 0.4) is 0 Å². The second-order valence-corrected chi connectivity index (χ2v) is 5.88. The molecule has 0 saturated carbocycles. The second-order valence-electron chi connectivity index (χ2n) is 5.48. The molecule has 0 aliphatic rings. The van der Waals surface area contributed by atoms with Crippen LogP contribution in [0, 0.1) is 10.1 Å². The smallest absolute Gasteiger partial charge is 0.270 e. The molecular weight excluding hydrogens is 362 g/mol. The number of non-ortho nitro benzene ring substituents is 1. The van der Waals surface area contributed by atoms with Gasteiger partial charge >= 0.3 is 0 Å². The maximum absolute atomic E-state index is 12.3.